The molecule has 1 fully saturated rings. The number of rotatable bonds is 4. The highest BCUT2D eigenvalue weighted by Gasteiger charge is 2.29. The molecule has 138 valence electrons. The number of benzene rings is 2. The van der Waals surface area contributed by atoms with E-state index in [9.17, 15) is 18.3 Å². The molecule has 7 heteroatoms. The molecular weight excluding hydrogens is 352 g/mol. The van der Waals surface area contributed by atoms with Crippen molar-refractivity contribution in [3.05, 3.63) is 48.5 Å². The van der Waals surface area contributed by atoms with Gasteiger partial charge in [0.1, 0.15) is 5.75 Å². The van der Waals surface area contributed by atoms with Crippen molar-refractivity contribution in [2.45, 2.75) is 30.7 Å². The van der Waals surface area contributed by atoms with Crippen molar-refractivity contribution >= 4 is 15.9 Å². The maximum atomic E-state index is 13.0. The zero-order chi connectivity index (χ0) is 18.7. The van der Waals surface area contributed by atoms with Gasteiger partial charge in [-0.3, -0.25) is 4.79 Å². The maximum Gasteiger partial charge on any atom is 0.243 e. The number of nitrogens with zero attached hydrogens (tertiary/aromatic N) is 1. The van der Waals surface area contributed by atoms with Crippen LogP contribution >= 0.6 is 0 Å². The summed E-state index contributed by atoms with van der Waals surface area (Å²) in [7, 11) is -3.60. The van der Waals surface area contributed by atoms with E-state index in [1.165, 1.54) is 11.2 Å². The third kappa shape index (κ3) is 4.05. The van der Waals surface area contributed by atoms with Crippen molar-refractivity contribution < 1.29 is 18.3 Å². The van der Waals surface area contributed by atoms with Crippen molar-refractivity contribution in [1.82, 2.24) is 9.62 Å². The van der Waals surface area contributed by atoms with Gasteiger partial charge in [-0.1, -0.05) is 24.3 Å². The van der Waals surface area contributed by atoms with Gasteiger partial charge >= 0.3 is 0 Å². The Hall–Kier alpha value is -2.38. The van der Waals surface area contributed by atoms with Crippen LogP contribution in [-0.2, 0) is 14.8 Å². The number of hydrogen-bond donors (Lipinski definition) is 2. The average molecular weight is 374 g/mol. The number of phenolic OH excluding ortho intramolecular Hbond substituents is 1. The molecule has 26 heavy (non-hydrogen) atoms. The predicted molar refractivity (Wildman–Crippen MR) is 99.1 cm³/mol. The SMILES string of the molecule is CC(=O)NC1CCN(S(=O)(=O)c2cccc(-c3cccc(O)c3)c2)CC1. The molecule has 2 aromatic rings. The number of phenols is 1. The highest BCUT2D eigenvalue weighted by molar-refractivity contribution is 7.89. The fourth-order valence-corrected chi connectivity index (χ4v) is 4.71. The van der Waals surface area contributed by atoms with Crippen LogP contribution in [0.4, 0.5) is 0 Å². The van der Waals surface area contributed by atoms with E-state index in [4.69, 9.17) is 0 Å². The smallest absolute Gasteiger partial charge is 0.243 e. The van der Waals surface area contributed by atoms with Gasteiger partial charge in [0.2, 0.25) is 15.9 Å². The molecule has 0 saturated carbocycles. The quantitative estimate of drug-likeness (QED) is 0.860. The molecule has 0 unspecified atom stereocenters. The van der Waals surface area contributed by atoms with Gasteiger partial charge in [-0.05, 0) is 48.2 Å². The van der Waals surface area contributed by atoms with Crippen LogP contribution < -0.4 is 5.32 Å². The maximum absolute atomic E-state index is 13.0. The molecule has 3 rings (SSSR count). The summed E-state index contributed by atoms with van der Waals surface area (Å²) in [6, 6.07) is 13.5. The summed E-state index contributed by atoms with van der Waals surface area (Å²) in [6.45, 7) is 2.23. The van der Waals surface area contributed by atoms with Crippen LogP contribution in [0.15, 0.2) is 53.4 Å². The van der Waals surface area contributed by atoms with E-state index >= 15 is 0 Å². The van der Waals surface area contributed by atoms with E-state index in [1.54, 1.807) is 36.4 Å². The van der Waals surface area contributed by atoms with E-state index in [1.807, 2.05) is 12.1 Å². The molecule has 0 aromatic heterocycles. The van der Waals surface area contributed by atoms with Crippen LogP contribution in [0.25, 0.3) is 11.1 Å². The molecule has 6 nitrogen and oxygen atoms in total. The number of sulfonamides is 1. The number of piperidine rings is 1. The van der Waals surface area contributed by atoms with Crippen LogP contribution in [0.3, 0.4) is 0 Å². The summed E-state index contributed by atoms with van der Waals surface area (Å²) in [5, 5.41) is 12.5. The van der Waals surface area contributed by atoms with Gasteiger partial charge in [-0.2, -0.15) is 4.31 Å². The molecule has 1 saturated heterocycles. The van der Waals surface area contributed by atoms with Crippen LogP contribution in [-0.4, -0.2) is 42.9 Å². The fourth-order valence-electron chi connectivity index (χ4n) is 3.20. The third-order valence-electron chi connectivity index (χ3n) is 4.51. The number of carbonyl (C=O) groups excluding carboxylic acids is 1. The second kappa shape index (κ2) is 7.47. The van der Waals surface area contributed by atoms with Crippen LogP contribution in [0.2, 0.25) is 0 Å². The van der Waals surface area contributed by atoms with Gasteiger partial charge < -0.3 is 10.4 Å². The van der Waals surface area contributed by atoms with Gasteiger partial charge in [0.15, 0.2) is 0 Å². The number of amides is 1. The molecule has 0 radical (unpaired) electrons. The molecule has 2 aromatic carbocycles. The van der Waals surface area contributed by atoms with E-state index in [0.29, 0.717) is 25.9 Å². The summed E-state index contributed by atoms with van der Waals surface area (Å²) in [4.78, 5) is 11.4. The van der Waals surface area contributed by atoms with Gasteiger partial charge in [0.25, 0.3) is 0 Å². The monoisotopic (exact) mass is 374 g/mol. The summed E-state index contributed by atoms with van der Waals surface area (Å²) in [5.41, 5.74) is 1.49. The molecule has 1 heterocycles. The molecule has 1 aliphatic heterocycles. The summed E-state index contributed by atoms with van der Waals surface area (Å²) in [5.74, 6) is 0.0425. The first-order valence-electron chi connectivity index (χ1n) is 8.53. The lowest BCUT2D eigenvalue weighted by Gasteiger charge is -2.31. The minimum absolute atomic E-state index is 0.0255. The molecule has 1 aliphatic rings. The normalized spacial score (nSPS) is 16.3. The Balaban J connectivity index is 1.80. The Morgan fingerprint density at radius 2 is 1.69 bits per heavy atom. The van der Waals surface area contributed by atoms with E-state index in [-0.39, 0.29) is 22.6 Å². The summed E-state index contributed by atoms with van der Waals surface area (Å²) >= 11 is 0. The zero-order valence-corrected chi connectivity index (χ0v) is 15.4. The lowest BCUT2D eigenvalue weighted by molar-refractivity contribution is -0.119. The van der Waals surface area contributed by atoms with Gasteiger partial charge in [-0.15, -0.1) is 0 Å². The third-order valence-corrected chi connectivity index (χ3v) is 6.41. The Morgan fingerprint density at radius 3 is 2.31 bits per heavy atom. The molecule has 1 amide bonds. The first kappa shape index (κ1) is 18.4. The molecule has 2 N–H and O–H groups in total. The largest absolute Gasteiger partial charge is 0.508 e. The van der Waals surface area contributed by atoms with Crippen molar-refractivity contribution in [1.29, 1.82) is 0 Å². The second-order valence-corrected chi connectivity index (χ2v) is 8.39. The van der Waals surface area contributed by atoms with Crippen LogP contribution in [0.1, 0.15) is 19.8 Å². The first-order chi connectivity index (χ1) is 12.4. The van der Waals surface area contributed by atoms with Gasteiger partial charge in [0, 0.05) is 26.1 Å². The highest BCUT2D eigenvalue weighted by atomic mass is 32.2. The lowest BCUT2D eigenvalue weighted by Crippen LogP contribution is -2.45. The van der Waals surface area contributed by atoms with Crippen LogP contribution in [0.5, 0.6) is 5.75 Å². The van der Waals surface area contributed by atoms with Crippen molar-refractivity contribution in [3.63, 3.8) is 0 Å². The number of hydrogen-bond acceptors (Lipinski definition) is 4. The van der Waals surface area contributed by atoms with Crippen molar-refractivity contribution in [2.75, 3.05) is 13.1 Å². The van der Waals surface area contributed by atoms with Crippen molar-refractivity contribution in [3.8, 4) is 16.9 Å². The summed E-state index contributed by atoms with van der Waals surface area (Å²) in [6.07, 6.45) is 1.20. The van der Waals surface area contributed by atoms with Crippen LogP contribution in [0, 0.1) is 0 Å². The predicted octanol–water partition coefficient (Wildman–Crippen LogP) is 2.35. The summed E-state index contributed by atoms with van der Waals surface area (Å²) < 4.78 is 27.4. The van der Waals surface area contributed by atoms with Gasteiger partial charge in [-0.25, -0.2) is 8.42 Å². The average Bonchev–Trinajstić information content (AvgIpc) is 2.62. The Bertz CT molecular complexity index is 903. The molecular formula is C19H22N2O4S. The second-order valence-electron chi connectivity index (χ2n) is 6.46. The lowest BCUT2D eigenvalue weighted by atomic mass is 10.1. The standard InChI is InChI=1S/C19H22N2O4S/c1-14(22)20-17-8-10-21(11-9-17)26(24,25)19-7-3-5-16(13-19)15-4-2-6-18(23)12-15/h2-7,12-13,17,23H,8-11H2,1H3,(H,20,22). The molecule has 0 aliphatic carbocycles. The van der Waals surface area contributed by atoms with E-state index in [2.05, 4.69) is 5.32 Å². The molecule has 0 bridgehead atoms. The molecule has 0 spiro atoms. The van der Waals surface area contributed by atoms with E-state index in [0.717, 1.165) is 11.1 Å². The fraction of sp³-hybridized carbons (Fsp3) is 0.316. The number of carbonyl (C=O) groups is 1. The molecule has 0 atom stereocenters. The van der Waals surface area contributed by atoms with E-state index < -0.39 is 10.0 Å². The Morgan fingerprint density at radius 1 is 1.08 bits per heavy atom. The van der Waals surface area contributed by atoms with Crippen molar-refractivity contribution in [2.24, 2.45) is 0 Å². The highest BCUT2D eigenvalue weighted by Crippen LogP contribution is 2.27. The van der Waals surface area contributed by atoms with Gasteiger partial charge in [0.05, 0.1) is 4.90 Å². The first-order valence-corrected chi connectivity index (χ1v) is 9.97. The minimum Gasteiger partial charge on any atom is -0.508 e. The minimum atomic E-state index is -3.60. The topological polar surface area (TPSA) is 86.7 Å². The number of aromatic hydroxyl groups is 1. The Labute approximate surface area is 153 Å². The zero-order valence-electron chi connectivity index (χ0n) is 14.6. The Kier molecular flexibility index (Phi) is 5.29. The number of nitrogens with one attached hydrogen (secondary N) is 1.